The van der Waals surface area contributed by atoms with E-state index in [9.17, 15) is 9.59 Å². The molecule has 0 saturated heterocycles. The molecule has 3 unspecified atom stereocenters. The number of aryl methyl sites for hydroxylation is 1. The van der Waals surface area contributed by atoms with Gasteiger partial charge in [0.2, 0.25) is 5.82 Å². The number of allylic oxidation sites excluding steroid dienone is 1. The number of unbranched alkanes of at least 4 members (excludes halogenated alkanes) is 1. The Kier molecular flexibility index (Phi) is 6.32. The maximum atomic E-state index is 13.8. The summed E-state index contributed by atoms with van der Waals surface area (Å²) in [5.74, 6) is 0.916. The van der Waals surface area contributed by atoms with Crippen molar-refractivity contribution >= 4 is 12.0 Å². The normalized spacial score (nSPS) is 23.5. The summed E-state index contributed by atoms with van der Waals surface area (Å²) in [7, 11) is 0. The van der Waals surface area contributed by atoms with Crippen LogP contribution in [0.25, 0.3) is 11.4 Å². The van der Waals surface area contributed by atoms with Gasteiger partial charge in [0.25, 0.3) is 0 Å². The minimum absolute atomic E-state index is 0.0998. The highest BCUT2D eigenvalue weighted by molar-refractivity contribution is 5.89. The van der Waals surface area contributed by atoms with Crippen molar-refractivity contribution in [3.8, 4) is 11.4 Å². The Morgan fingerprint density at radius 3 is 2.80 bits per heavy atom. The molecule has 1 aliphatic carbocycles. The van der Waals surface area contributed by atoms with Gasteiger partial charge in [0, 0.05) is 48.2 Å². The number of aromatic amines is 1. The average Bonchev–Trinajstić information content (AvgIpc) is 3.52. The fraction of sp³-hybridized carbons (Fsp3) is 0.462. The first kappa shape index (κ1) is 23.1. The number of carbonyl (C=O) groups excluding carboxylic acids is 1. The number of hydrogen-bond donors (Lipinski definition) is 1. The van der Waals surface area contributed by atoms with Gasteiger partial charge in [-0.15, -0.1) is 10.2 Å². The van der Waals surface area contributed by atoms with Crippen LogP contribution in [0.1, 0.15) is 63.3 Å². The lowest BCUT2D eigenvalue weighted by molar-refractivity contribution is -0.133. The van der Waals surface area contributed by atoms with Crippen molar-refractivity contribution in [3.63, 3.8) is 0 Å². The Hall–Kier alpha value is -3.62. The van der Waals surface area contributed by atoms with Crippen LogP contribution in [0.15, 0.2) is 52.5 Å². The van der Waals surface area contributed by atoms with E-state index in [0.717, 1.165) is 42.5 Å². The molecule has 1 fully saturated rings. The van der Waals surface area contributed by atoms with Crippen LogP contribution in [0.3, 0.4) is 0 Å². The Bertz CT molecular complexity index is 1320. The summed E-state index contributed by atoms with van der Waals surface area (Å²) in [6, 6.07) is 7.72. The summed E-state index contributed by atoms with van der Waals surface area (Å²) in [4.78, 5) is 30.6. The molecule has 9 heteroatoms. The van der Waals surface area contributed by atoms with Crippen LogP contribution in [0.5, 0.6) is 0 Å². The Morgan fingerprint density at radius 2 is 2.11 bits per heavy atom. The molecular weight excluding hydrogens is 442 g/mol. The SMILES string of the molecule is CCCCc1cn(C2C(=O)CC2CC)c(=O)n1CC1(c2cccc(-c3nn[nH]n3)c2)C=CN=CC1. The maximum Gasteiger partial charge on any atom is 0.329 e. The molecule has 9 nitrogen and oxygen atoms in total. The average molecular weight is 474 g/mol. The third-order valence-electron chi connectivity index (χ3n) is 7.46. The predicted octanol–water partition coefficient (Wildman–Crippen LogP) is 3.64. The lowest BCUT2D eigenvalue weighted by Crippen LogP contribution is -2.44. The fourth-order valence-corrected chi connectivity index (χ4v) is 5.30. The van der Waals surface area contributed by atoms with Gasteiger partial charge in [-0.05, 0) is 42.0 Å². The minimum Gasteiger partial charge on any atom is -0.297 e. The minimum atomic E-state index is -0.466. The molecule has 0 spiro atoms. The zero-order valence-corrected chi connectivity index (χ0v) is 20.2. The second-order valence-corrected chi connectivity index (χ2v) is 9.61. The standard InChI is InChI=1S/C26H31N7O2/c1-3-5-9-21-16-32(23-18(4-2)15-22(23)34)25(35)33(21)17-26(10-12-27-13-11-26)20-8-6-7-19(14-20)24-28-30-31-29-24/h6-8,10,12-14,16,18,23H,3-5,9,11,15,17H2,1-2H3,(H,28,29,30,31). The van der Waals surface area contributed by atoms with Crippen molar-refractivity contribution in [2.24, 2.45) is 10.9 Å². The molecule has 35 heavy (non-hydrogen) atoms. The lowest BCUT2D eigenvalue weighted by atomic mass is 9.76. The van der Waals surface area contributed by atoms with Crippen molar-refractivity contribution in [3.05, 3.63) is 64.5 Å². The van der Waals surface area contributed by atoms with Gasteiger partial charge in [0.05, 0.1) is 6.04 Å². The third-order valence-corrected chi connectivity index (χ3v) is 7.46. The number of H-pyrrole nitrogens is 1. The van der Waals surface area contributed by atoms with E-state index in [1.54, 1.807) is 10.8 Å². The molecule has 1 N–H and O–H groups in total. The molecule has 1 aromatic carbocycles. The molecule has 1 aliphatic heterocycles. The topological polar surface area (TPSA) is 111 Å². The first-order chi connectivity index (χ1) is 17.1. The first-order valence-corrected chi connectivity index (χ1v) is 12.4. The number of nitrogens with zero attached hydrogens (tertiary/aromatic N) is 6. The van der Waals surface area contributed by atoms with Gasteiger partial charge < -0.3 is 0 Å². The number of carbonyl (C=O) groups is 1. The van der Waals surface area contributed by atoms with Gasteiger partial charge in [-0.25, -0.2) is 4.79 Å². The number of hydrogen-bond acceptors (Lipinski definition) is 6. The Balaban J connectivity index is 1.57. The molecule has 182 valence electrons. The maximum absolute atomic E-state index is 13.8. The summed E-state index contributed by atoms with van der Waals surface area (Å²) < 4.78 is 3.59. The van der Waals surface area contributed by atoms with E-state index in [1.807, 2.05) is 29.1 Å². The van der Waals surface area contributed by atoms with Gasteiger partial charge in [-0.3, -0.25) is 18.9 Å². The van der Waals surface area contributed by atoms with Crippen LogP contribution >= 0.6 is 0 Å². The fourth-order valence-electron chi connectivity index (χ4n) is 5.30. The van der Waals surface area contributed by atoms with Gasteiger partial charge in [0.1, 0.15) is 0 Å². The Labute approximate surface area is 204 Å². The van der Waals surface area contributed by atoms with Gasteiger partial charge in [0.15, 0.2) is 5.78 Å². The van der Waals surface area contributed by atoms with Crippen LogP contribution in [0, 0.1) is 5.92 Å². The summed E-state index contributed by atoms with van der Waals surface area (Å²) in [5, 5.41) is 14.4. The van der Waals surface area contributed by atoms with E-state index in [1.165, 1.54) is 0 Å². The molecule has 0 bridgehead atoms. The molecule has 1 saturated carbocycles. The van der Waals surface area contributed by atoms with E-state index < -0.39 is 5.41 Å². The van der Waals surface area contributed by atoms with Gasteiger partial charge in [-0.1, -0.05) is 51.0 Å². The molecule has 2 aliphatic rings. The summed E-state index contributed by atoms with van der Waals surface area (Å²) in [6.45, 7) is 4.70. The van der Waals surface area contributed by atoms with Crippen LogP contribution in [0.2, 0.25) is 0 Å². The van der Waals surface area contributed by atoms with E-state index >= 15 is 0 Å². The molecule has 0 radical (unpaired) electrons. The Morgan fingerprint density at radius 1 is 1.23 bits per heavy atom. The van der Waals surface area contributed by atoms with E-state index in [-0.39, 0.29) is 23.4 Å². The van der Waals surface area contributed by atoms with E-state index in [0.29, 0.717) is 25.2 Å². The second kappa shape index (κ2) is 9.56. The zero-order valence-electron chi connectivity index (χ0n) is 20.2. The summed E-state index contributed by atoms with van der Waals surface area (Å²) in [5.41, 5.74) is 2.32. The van der Waals surface area contributed by atoms with Crippen LogP contribution in [-0.4, -0.2) is 41.8 Å². The van der Waals surface area contributed by atoms with Crippen LogP contribution in [-0.2, 0) is 23.2 Å². The highest BCUT2D eigenvalue weighted by atomic mass is 16.2. The number of ketones is 1. The van der Waals surface area contributed by atoms with Crippen molar-refractivity contribution < 1.29 is 4.79 Å². The number of tetrazole rings is 1. The first-order valence-electron chi connectivity index (χ1n) is 12.4. The molecule has 0 amide bonds. The lowest BCUT2D eigenvalue weighted by Gasteiger charge is -2.34. The number of aliphatic imine (C=N–C) groups is 1. The second-order valence-electron chi connectivity index (χ2n) is 9.61. The quantitative estimate of drug-likeness (QED) is 0.510. The molecule has 2 aromatic heterocycles. The van der Waals surface area contributed by atoms with Crippen LogP contribution in [0.4, 0.5) is 0 Å². The largest absolute Gasteiger partial charge is 0.329 e. The zero-order chi connectivity index (χ0) is 24.4. The number of benzene rings is 1. The molecule has 3 heterocycles. The monoisotopic (exact) mass is 473 g/mol. The van der Waals surface area contributed by atoms with Crippen LogP contribution < -0.4 is 5.69 Å². The molecule has 3 aromatic rings. The van der Waals surface area contributed by atoms with Crippen molar-refractivity contribution in [1.82, 2.24) is 29.8 Å². The summed E-state index contributed by atoms with van der Waals surface area (Å²) >= 11 is 0. The van der Waals surface area contributed by atoms with Gasteiger partial charge in [-0.2, -0.15) is 5.21 Å². The van der Waals surface area contributed by atoms with Crippen molar-refractivity contribution in [1.29, 1.82) is 0 Å². The van der Waals surface area contributed by atoms with E-state index in [2.05, 4.69) is 57.7 Å². The number of Topliss-reactive ketones (excluding diaryl/α,β-unsaturated/α-hetero) is 1. The third kappa shape index (κ3) is 4.19. The van der Waals surface area contributed by atoms with Crippen molar-refractivity contribution in [2.75, 3.05) is 0 Å². The molecule has 5 rings (SSSR count). The number of aromatic nitrogens is 6. The highest BCUT2D eigenvalue weighted by Crippen LogP contribution is 2.38. The molecule has 3 atom stereocenters. The number of imidazole rings is 1. The number of nitrogens with one attached hydrogen (secondary N) is 1. The number of rotatable bonds is 9. The van der Waals surface area contributed by atoms with Gasteiger partial charge >= 0.3 is 5.69 Å². The highest BCUT2D eigenvalue weighted by Gasteiger charge is 2.42. The molecular formula is C26H31N7O2. The summed E-state index contributed by atoms with van der Waals surface area (Å²) in [6.07, 6.45) is 12.7. The smallest absolute Gasteiger partial charge is 0.297 e. The van der Waals surface area contributed by atoms with E-state index in [4.69, 9.17) is 0 Å². The van der Waals surface area contributed by atoms with Crippen molar-refractivity contribution in [2.45, 2.75) is 70.4 Å². The predicted molar refractivity (Wildman–Crippen MR) is 133 cm³/mol.